The van der Waals surface area contributed by atoms with Crippen molar-refractivity contribution in [3.05, 3.63) is 35.4 Å². The molecule has 0 spiro atoms. The van der Waals surface area contributed by atoms with E-state index in [-0.39, 0.29) is 5.92 Å². The van der Waals surface area contributed by atoms with Crippen LogP contribution in [-0.2, 0) is 0 Å². The highest BCUT2D eigenvalue weighted by molar-refractivity contribution is 5.24. The monoisotopic (exact) mass is 268 g/mol. The van der Waals surface area contributed by atoms with E-state index in [2.05, 4.69) is 11.8 Å². The minimum Gasteiger partial charge on any atom is -0.330 e. The Morgan fingerprint density at radius 1 is 1.32 bits per heavy atom. The number of halogens is 2. The fraction of sp³-hybridized carbons (Fsp3) is 0.600. The van der Waals surface area contributed by atoms with Gasteiger partial charge in [0, 0.05) is 12.0 Å². The maximum Gasteiger partial charge on any atom is 0.129 e. The van der Waals surface area contributed by atoms with E-state index >= 15 is 0 Å². The molecule has 1 heterocycles. The van der Waals surface area contributed by atoms with Crippen molar-refractivity contribution in [2.24, 2.45) is 11.7 Å². The molecule has 0 amide bonds. The first-order valence-corrected chi connectivity index (χ1v) is 7.03. The third kappa shape index (κ3) is 3.31. The summed E-state index contributed by atoms with van der Waals surface area (Å²) in [7, 11) is 0. The normalized spacial score (nSPS) is 19.6. The van der Waals surface area contributed by atoms with Gasteiger partial charge in [-0.25, -0.2) is 8.78 Å². The second-order valence-electron chi connectivity index (χ2n) is 5.28. The summed E-state index contributed by atoms with van der Waals surface area (Å²) in [6.45, 7) is 5.71. The van der Waals surface area contributed by atoms with Crippen LogP contribution in [0.5, 0.6) is 0 Å². The van der Waals surface area contributed by atoms with Gasteiger partial charge in [-0.1, -0.05) is 13.0 Å². The second kappa shape index (κ2) is 6.44. The van der Waals surface area contributed by atoms with Crippen LogP contribution in [0.1, 0.15) is 31.2 Å². The molecular weight excluding hydrogens is 246 g/mol. The zero-order chi connectivity index (χ0) is 13.8. The van der Waals surface area contributed by atoms with Gasteiger partial charge in [-0.05, 0) is 56.6 Å². The first-order valence-electron chi connectivity index (χ1n) is 7.03. The lowest BCUT2D eigenvalue weighted by Crippen LogP contribution is -2.37. The molecule has 0 bridgehead atoms. The SMILES string of the molecule is CCN1CCC(C(CN)c2ccc(F)cc2F)CC1. The molecule has 2 rings (SSSR count). The van der Waals surface area contributed by atoms with Gasteiger partial charge in [0.2, 0.25) is 0 Å². The molecule has 0 aromatic heterocycles. The van der Waals surface area contributed by atoms with Crippen LogP contribution in [0, 0.1) is 17.6 Å². The van der Waals surface area contributed by atoms with E-state index in [0.717, 1.165) is 38.5 Å². The van der Waals surface area contributed by atoms with Crippen molar-refractivity contribution in [2.75, 3.05) is 26.2 Å². The van der Waals surface area contributed by atoms with Gasteiger partial charge in [0.1, 0.15) is 11.6 Å². The first kappa shape index (κ1) is 14.4. The van der Waals surface area contributed by atoms with Crippen LogP contribution in [0.2, 0.25) is 0 Å². The summed E-state index contributed by atoms with van der Waals surface area (Å²) >= 11 is 0. The topological polar surface area (TPSA) is 29.3 Å². The average molecular weight is 268 g/mol. The predicted octanol–water partition coefficient (Wildman–Crippen LogP) is 2.74. The summed E-state index contributed by atoms with van der Waals surface area (Å²) in [5, 5.41) is 0. The molecule has 0 radical (unpaired) electrons. The van der Waals surface area contributed by atoms with Crippen LogP contribution in [0.25, 0.3) is 0 Å². The van der Waals surface area contributed by atoms with E-state index in [0.29, 0.717) is 18.0 Å². The number of rotatable bonds is 4. The van der Waals surface area contributed by atoms with E-state index in [1.807, 2.05) is 0 Å². The van der Waals surface area contributed by atoms with Gasteiger partial charge >= 0.3 is 0 Å². The highest BCUT2D eigenvalue weighted by Crippen LogP contribution is 2.33. The van der Waals surface area contributed by atoms with Crippen LogP contribution in [0.15, 0.2) is 18.2 Å². The molecule has 1 fully saturated rings. The highest BCUT2D eigenvalue weighted by Gasteiger charge is 2.28. The van der Waals surface area contributed by atoms with Crippen molar-refractivity contribution in [1.29, 1.82) is 0 Å². The van der Waals surface area contributed by atoms with Crippen molar-refractivity contribution >= 4 is 0 Å². The summed E-state index contributed by atoms with van der Waals surface area (Å²) in [5.41, 5.74) is 6.40. The van der Waals surface area contributed by atoms with Crippen LogP contribution in [0.3, 0.4) is 0 Å². The molecule has 1 atom stereocenters. The minimum atomic E-state index is -0.530. The molecular formula is C15H22F2N2. The fourth-order valence-electron chi connectivity index (χ4n) is 3.05. The third-order valence-corrected chi connectivity index (χ3v) is 4.26. The lowest BCUT2D eigenvalue weighted by molar-refractivity contribution is 0.175. The Labute approximate surface area is 113 Å². The second-order valence-corrected chi connectivity index (χ2v) is 5.28. The number of benzene rings is 1. The Kier molecular flexibility index (Phi) is 4.88. The van der Waals surface area contributed by atoms with Crippen molar-refractivity contribution < 1.29 is 8.78 Å². The Morgan fingerprint density at radius 3 is 2.53 bits per heavy atom. The molecule has 1 aliphatic heterocycles. The lowest BCUT2D eigenvalue weighted by Gasteiger charge is -2.35. The van der Waals surface area contributed by atoms with Crippen LogP contribution in [0.4, 0.5) is 8.78 Å². The Balaban J connectivity index is 2.12. The Bertz CT molecular complexity index is 415. The molecule has 1 aromatic carbocycles. The molecule has 1 saturated heterocycles. The highest BCUT2D eigenvalue weighted by atomic mass is 19.1. The van der Waals surface area contributed by atoms with Crippen molar-refractivity contribution in [1.82, 2.24) is 4.90 Å². The lowest BCUT2D eigenvalue weighted by atomic mass is 9.80. The van der Waals surface area contributed by atoms with Gasteiger partial charge < -0.3 is 10.6 Å². The quantitative estimate of drug-likeness (QED) is 0.909. The molecule has 4 heteroatoms. The molecule has 1 aromatic rings. The van der Waals surface area contributed by atoms with E-state index in [1.54, 1.807) is 6.07 Å². The zero-order valence-corrected chi connectivity index (χ0v) is 11.4. The molecule has 19 heavy (non-hydrogen) atoms. The fourth-order valence-corrected chi connectivity index (χ4v) is 3.05. The summed E-state index contributed by atoms with van der Waals surface area (Å²) < 4.78 is 26.9. The summed E-state index contributed by atoms with van der Waals surface area (Å²) in [5.74, 6) is -0.599. The molecule has 0 saturated carbocycles. The number of likely N-dealkylation sites (tertiary alicyclic amines) is 1. The summed E-state index contributed by atoms with van der Waals surface area (Å²) in [6.07, 6.45) is 2.07. The van der Waals surface area contributed by atoms with Crippen molar-refractivity contribution in [3.63, 3.8) is 0 Å². The molecule has 0 aliphatic carbocycles. The Hall–Kier alpha value is -1.00. The van der Waals surface area contributed by atoms with Gasteiger partial charge in [0.15, 0.2) is 0 Å². The van der Waals surface area contributed by atoms with Gasteiger partial charge in [0.05, 0.1) is 0 Å². The number of nitrogens with two attached hydrogens (primary N) is 1. The summed E-state index contributed by atoms with van der Waals surface area (Å²) in [4.78, 5) is 2.39. The molecule has 1 aliphatic rings. The molecule has 106 valence electrons. The third-order valence-electron chi connectivity index (χ3n) is 4.26. The van der Waals surface area contributed by atoms with Crippen molar-refractivity contribution in [2.45, 2.75) is 25.7 Å². The van der Waals surface area contributed by atoms with Gasteiger partial charge in [-0.15, -0.1) is 0 Å². The average Bonchev–Trinajstić information content (AvgIpc) is 2.42. The largest absolute Gasteiger partial charge is 0.330 e. The van der Waals surface area contributed by atoms with Gasteiger partial charge in [-0.3, -0.25) is 0 Å². The van der Waals surface area contributed by atoms with Crippen LogP contribution in [-0.4, -0.2) is 31.1 Å². The van der Waals surface area contributed by atoms with Gasteiger partial charge in [-0.2, -0.15) is 0 Å². The van der Waals surface area contributed by atoms with E-state index in [1.165, 1.54) is 6.07 Å². The number of hydrogen-bond acceptors (Lipinski definition) is 2. The maximum absolute atomic E-state index is 13.9. The van der Waals surface area contributed by atoms with E-state index in [4.69, 9.17) is 5.73 Å². The molecule has 2 N–H and O–H groups in total. The van der Waals surface area contributed by atoms with Crippen LogP contribution < -0.4 is 5.73 Å². The minimum absolute atomic E-state index is 0.000365. The zero-order valence-electron chi connectivity index (χ0n) is 11.4. The maximum atomic E-state index is 13.9. The smallest absolute Gasteiger partial charge is 0.129 e. The van der Waals surface area contributed by atoms with Crippen LogP contribution >= 0.6 is 0 Å². The van der Waals surface area contributed by atoms with Gasteiger partial charge in [0.25, 0.3) is 0 Å². The van der Waals surface area contributed by atoms with E-state index in [9.17, 15) is 8.78 Å². The van der Waals surface area contributed by atoms with Crippen molar-refractivity contribution in [3.8, 4) is 0 Å². The molecule has 2 nitrogen and oxygen atoms in total. The number of hydrogen-bond donors (Lipinski definition) is 1. The number of piperidine rings is 1. The predicted molar refractivity (Wildman–Crippen MR) is 73.0 cm³/mol. The standard InChI is InChI=1S/C15H22F2N2/c1-2-19-7-5-11(6-8-19)14(10-18)13-4-3-12(16)9-15(13)17/h3-4,9,11,14H,2,5-8,10,18H2,1H3. The molecule has 1 unspecified atom stereocenters. The van der Waals surface area contributed by atoms with E-state index < -0.39 is 11.6 Å². The number of nitrogens with zero attached hydrogens (tertiary/aromatic N) is 1. The first-order chi connectivity index (χ1) is 9.15. The Morgan fingerprint density at radius 2 is 2.00 bits per heavy atom. The summed E-state index contributed by atoms with van der Waals surface area (Å²) in [6, 6.07) is 3.83.